The van der Waals surface area contributed by atoms with Gasteiger partial charge in [-0.3, -0.25) is 4.79 Å². The molecule has 0 saturated carbocycles. The molecule has 1 atom stereocenters. The predicted octanol–water partition coefficient (Wildman–Crippen LogP) is 2.19. The van der Waals surface area contributed by atoms with Gasteiger partial charge >= 0.3 is 5.97 Å². The highest BCUT2D eigenvalue weighted by molar-refractivity contribution is 9.09. The number of ether oxygens (including phenoxy) is 1. The van der Waals surface area contributed by atoms with Crippen LogP contribution in [0.25, 0.3) is 0 Å². The third kappa shape index (κ3) is 4.42. The molecule has 1 rings (SSSR count). The van der Waals surface area contributed by atoms with E-state index >= 15 is 0 Å². The highest BCUT2D eigenvalue weighted by Crippen LogP contribution is 2.15. The van der Waals surface area contributed by atoms with Crippen LogP contribution in [-0.2, 0) is 9.53 Å². The summed E-state index contributed by atoms with van der Waals surface area (Å²) in [4.78, 5) is 11.5. The van der Waals surface area contributed by atoms with Gasteiger partial charge in [0.15, 0.2) is 0 Å². The van der Waals surface area contributed by atoms with Crippen molar-refractivity contribution in [3.8, 4) is 0 Å². The van der Waals surface area contributed by atoms with E-state index in [9.17, 15) is 4.79 Å². The summed E-state index contributed by atoms with van der Waals surface area (Å²) in [6.07, 6.45) is 3.97. The minimum atomic E-state index is -0.0829. The van der Waals surface area contributed by atoms with Crippen molar-refractivity contribution in [2.45, 2.75) is 26.2 Å². The molecule has 1 heterocycles. The monoisotopic (exact) mass is 292 g/mol. The van der Waals surface area contributed by atoms with E-state index in [0.29, 0.717) is 11.9 Å². The Bertz CT molecular complexity index is 227. The Balaban J connectivity index is 2.21. The van der Waals surface area contributed by atoms with Crippen LogP contribution in [0.5, 0.6) is 0 Å². The van der Waals surface area contributed by atoms with Crippen molar-refractivity contribution in [3.63, 3.8) is 0 Å². The lowest BCUT2D eigenvalue weighted by molar-refractivity contribution is -0.914. The Morgan fingerprint density at radius 1 is 1.38 bits per heavy atom. The van der Waals surface area contributed by atoms with Gasteiger partial charge in [-0.25, -0.2) is 0 Å². The molecule has 0 bridgehead atoms. The fourth-order valence-corrected chi connectivity index (χ4v) is 2.34. The second kappa shape index (κ2) is 6.60. The maximum atomic E-state index is 11.5. The van der Waals surface area contributed by atoms with Crippen LogP contribution in [0.1, 0.15) is 26.2 Å². The molecular formula is C12H23BrNO2+. The van der Waals surface area contributed by atoms with E-state index in [0.717, 1.165) is 11.0 Å². The topological polar surface area (TPSA) is 26.3 Å². The van der Waals surface area contributed by atoms with E-state index in [1.54, 1.807) is 0 Å². The Hall–Kier alpha value is -0.0900. The summed E-state index contributed by atoms with van der Waals surface area (Å²) in [7, 11) is 2.26. The summed E-state index contributed by atoms with van der Waals surface area (Å²) < 4.78 is 6.34. The maximum Gasteiger partial charge on any atom is 0.309 e. The van der Waals surface area contributed by atoms with Gasteiger partial charge in [-0.2, -0.15) is 0 Å². The van der Waals surface area contributed by atoms with Crippen molar-refractivity contribution in [3.05, 3.63) is 0 Å². The number of alkyl halides is 1. The molecule has 1 saturated heterocycles. The summed E-state index contributed by atoms with van der Waals surface area (Å²) in [5, 5.41) is 0.679. The molecule has 0 amide bonds. The van der Waals surface area contributed by atoms with E-state index in [2.05, 4.69) is 23.0 Å². The number of quaternary nitrogens is 1. The van der Waals surface area contributed by atoms with Crippen molar-refractivity contribution in [2.75, 3.05) is 38.6 Å². The molecule has 16 heavy (non-hydrogen) atoms. The number of esters is 1. The average Bonchev–Trinajstić information content (AvgIpc) is 2.28. The smallest absolute Gasteiger partial charge is 0.309 e. The summed E-state index contributed by atoms with van der Waals surface area (Å²) in [5.74, 6) is -0.118. The van der Waals surface area contributed by atoms with Gasteiger partial charge in [-0.05, 0) is 19.3 Å². The molecule has 0 radical (unpaired) electrons. The van der Waals surface area contributed by atoms with Crippen molar-refractivity contribution >= 4 is 21.9 Å². The molecule has 0 aromatic rings. The Morgan fingerprint density at radius 2 is 2.00 bits per heavy atom. The number of hydrogen-bond acceptors (Lipinski definition) is 2. The van der Waals surface area contributed by atoms with Crippen molar-refractivity contribution in [1.29, 1.82) is 0 Å². The lowest BCUT2D eigenvalue weighted by Gasteiger charge is -2.37. The average molecular weight is 293 g/mol. The SMILES string of the molecule is CC(CBr)C(=O)OCC[N+]1(C)CCCCC1. The first-order chi connectivity index (χ1) is 7.57. The van der Waals surface area contributed by atoms with Gasteiger partial charge in [-0.1, -0.05) is 22.9 Å². The second-order valence-corrected chi connectivity index (χ2v) is 5.72. The van der Waals surface area contributed by atoms with Crippen LogP contribution in [0.2, 0.25) is 0 Å². The highest BCUT2D eigenvalue weighted by atomic mass is 79.9. The number of carbonyl (C=O) groups excluding carboxylic acids is 1. The number of nitrogens with zero attached hydrogens (tertiary/aromatic N) is 1. The fourth-order valence-electron chi connectivity index (χ4n) is 2.07. The van der Waals surface area contributed by atoms with Gasteiger partial charge in [0.2, 0.25) is 0 Å². The van der Waals surface area contributed by atoms with E-state index in [-0.39, 0.29) is 11.9 Å². The van der Waals surface area contributed by atoms with Crippen LogP contribution in [0.4, 0.5) is 0 Å². The lowest BCUT2D eigenvalue weighted by Crippen LogP contribution is -2.50. The van der Waals surface area contributed by atoms with Crippen LogP contribution in [0.15, 0.2) is 0 Å². The normalized spacial score (nSPS) is 21.4. The first-order valence-electron chi connectivity index (χ1n) is 6.13. The molecule has 4 heteroatoms. The van der Waals surface area contributed by atoms with Crippen molar-refractivity contribution in [2.24, 2.45) is 5.92 Å². The molecule has 1 unspecified atom stereocenters. The number of carbonyl (C=O) groups is 1. The van der Waals surface area contributed by atoms with Crippen molar-refractivity contribution in [1.82, 2.24) is 0 Å². The van der Waals surface area contributed by atoms with Gasteiger partial charge < -0.3 is 9.22 Å². The summed E-state index contributed by atoms with van der Waals surface area (Å²) in [5.41, 5.74) is 0. The van der Waals surface area contributed by atoms with Gasteiger partial charge in [0.05, 0.1) is 26.1 Å². The quantitative estimate of drug-likeness (QED) is 0.441. The third-order valence-electron chi connectivity index (χ3n) is 3.41. The fraction of sp³-hybridized carbons (Fsp3) is 0.917. The summed E-state index contributed by atoms with van der Waals surface area (Å²) in [6.45, 7) is 5.86. The van der Waals surface area contributed by atoms with Gasteiger partial charge in [-0.15, -0.1) is 0 Å². The maximum absolute atomic E-state index is 11.5. The van der Waals surface area contributed by atoms with Crippen LogP contribution < -0.4 is 0 Å². The zero-order valence-corrected chi connectivity index (χ0v) is 12.0. The zero-order valence-electron chi connectivity index (χ0n) is 10.4. The van der Waals surface area contributed by atoms with Crippen LogP contribution in [0, 0.1) is 5.92 Å². The molecule has 3 nitrogen and oxygen atoms in total. The van der Waals surface area contributed by atoms with Crippen molar-refractivity contribution < 1.29 is 14.0 Å². The first-order valence-corrected chi connectivity index (χ1v) is 7.26. The van der Waals surface area contributed by atoms with E-state index in [1.807, 2.05) is 6.92 Å². The summed E-state index contributed by atoms with van der Waals surface area (Å²) >= 11 is 3.29. The minimum Gasteiger partial charge on any atom is -0.459 e. The molecule has 94 valence electrons. The van der Waals surface area contributed by atoms with Crippen LogP contribution in [0.3, 0.4) is 0 Å². The van der Waals surface area contributed by atoms with Crippen LogP contribution >= 0.6 is 15.9 Å². The van der Waals surface area contributed by atoms with Gasteiger partial charge in [0.25, 0.3) is 0 Å². The predicted molar refractivity (Wildman–Crippen MR) is 68.6 cm³/mol. The number of halogens is 1. The highest BCUT2D eigenvalue weighted by Gasteiger charge is 2.25. The lowest BCUT2D eigenvalue weighted by atomic mass is 10.1. The molecular weight excluding hydrogens is 270 g/mol. The number of hydrogen-bond donors (Lipinski definition) is 0. The number of likely N-dealkylation sites (tertiary alicyclic amines) is 1. The molecule has 0 spiro atoms. The van der Waals surface area contributed by atoms with Crippen LogP contribution in [-0.4, -0.2) is 49.1 Å². The Labute approximate surface area is 107 Å². The minimum absolute atomic E-state index is 0.0355. The first kappa shape index (κ1) is 14.0. The molecule has 1 fully saturated rings. The molecule has 1 aliphatic rings. The number of likely N-dealkylation sites (N-methyl/N-ethyl adjacent to an activating group) is 1. The molecule has 0 aromatic carbocycles. The van der Waals surface area contributed by atoms with E-state index < -0.39 is 0 Å². The summed E-state index contributed by atoms with van der Waals surface area (Å²) in [6, 6.07) is 0. The molecule has 0 N–H and O–H groups in total. The molecule has 1 aliphatic heterocycles. The number of rotatable bonds is 5. The molecule has 0 aromatic heterocycles. The molecule has 0 aliphatic carbocycles. The largest absolute Gasteiger partial charge is 0.459 e. The standard InChI is InChI=1S/C12H23BrNO2/c1-11(10-13)12(15)16-9-8-14(2)6-4-3-5-7-14/h11H,3-10H2,1-2H3/q+1. The number of piperidine rings is 1. The van der Waals surface area contributed by atoms with E-state index in [4.69, 9.17) is 4.74 Å². The third-order valence-corrected chi connectivity index (χ3v) is 4.38. The Kier molecular flexibility index (Phi) is 5.76. The Morgan fingerprint density at radius 3 is 2.56 bits per heavy atom. The second-order valence-electron chi connectivity index (χ2n) is 5.07. The van der Waals surface area contributed by atoms with Gasteiger partial charge in [0, 0.05) is 5.33 Å². The zero-order chi connectivity index (χ0) is 12.0. The van der Waals surface area contributed by atoms with E-state index in [1.165, 1.54) is 32.4 Å². The van der Waals surface area contributed by atoms with Gasteiger partial charge in [0.1, 0.15) is 13.2 Å².